The Balaban J connectivity index is 1.57. The van der Waals surface area contributed by atoms with Gasteiger partial charge in [0.2, 0.25) is 5.91 Å². The number of hydrogen-bond donors (Lipinski definition) is 0. The van der Waals surface area contributed by atoms with Crippen molar-refractivity contribution in [2.75, 3.05) is 6.61 Å². The molecule has 5 nitrogen and oxygen atoms in total. The molecule has 1 unspecified atom stereocenters. The Morgan fingerprint density at radius 1 is 1.17 bits per heavy atom. The number of carbonyl (C=O) groups is 2. The third-order valence-corrected chi connectivity index (χ3v) is 6.04. The first-order valence-corrected chi connectivity index (χ1v) is 11.0. The topological polar surface area (TPSA) is 59.5 Å². The molecule has 3 aromatic rings. The molecule has 1 saturated carbocycles. The summed E-state index contributed by atoms with van der Waals surface area (Å²) >= 11 is 1.54. The van der Waals surface area contributed by atoms with Gasteiger partial charge in [-0.15, -0.1) is 11.3 Å². The normalized spacial score (nSPS) is 14.7. The van der Waals surface area contributed by atoms with E-state index in [9.17, 15) is 9.59 Å². The molecule has 0 N–H and O–H groups in total. The van der Waals surface area contributed by atoms with Crippen LogP contribution in [0, 0.1) is 0 Å². The van der Waals surface area contributed by atoms with Gasteiger partial charge in [0.1, 0.15) is 11.0 Å². The zero-order valence-corrected chi connectivity index (χ0v) is 17.7. The molecule has 6 heteroatoms. The van der Waals surface area contributed by atoms with Crippen LogP contribution in [0.4, 0.5) is 0 Å². The fourth-order valence-corrected chi connectivity index (χ4v) is 4.37. The highest BCUT2D eigenvalue weighted by molar-refractivity contribution is 7.19. The summed E-state index contributed by atoms with van der Waals surface area (Å²) in [4.78, 5) is 32.2. The van der Waals surface area contributed by atoms with Gasteiger partial charge in [0.25, 0.3) is 0 Å². The summed E-state index contributed by atoms with van der Waals surface area (Å²) in [5.41, 5.74) is 1.92. The standard InChI is InChI=1S/C24H24N2O3S/c1-2-29-24(28)20(16-17-8-4-3-5-9-17)26(18-12-13-18)23(27)15-14-22-25-19-10-6-7-11-21(19)30-22/h3-11,14-15,18,20H,2,12-13,16H2,1H3. The lowest BCUT2D eigenvalue weighted by molar-refractivity contribution is -0.154. The maximum Gasteiger partial charge on any atom is 0.329 e. The molecule has 1 aromatic heterocycles. The summed E-state index contributed by atoms with van der Waals surface area (Å²) in [6.07, 6.45) is 5.54. The Kier molecular flexibility index (Phi) is 6.23. The number of amides is 1. The van der Waals surface area contributed by atoms with Crippen LogP contribution in [0.25, 0.3) is 16.3 Å². The molecule has 0 radical (unpaired) electrons. The number of para-hydroxylation sites is 1. The largest absolute Gasteiger partial charge is 0.464 e. The molecule has 0 aliphatic heterocycles. The van der Waals surface area contributed by atoms with Gasteiger partial charge in [0.05, 0.1) is 16.8 Å². The average molecular weight is 421 g/mol. The van der Waals surface area contributed by atoms with E-state index in [0.717, 1.165) is 33.6 Å². The van der Waals surface area contributed by atoms with Gasteiger partial charge >= 0.3 is 5.97 Å². The molecule has 4 rings (SSSR count). The van der Waals surface area contributed by atoms with Gasteiger partial charge in [-0.3, -0.25) is 4.79 Å². The zero-order chi connectivity index (χ0) is 20.9. The Bertz CT molecular complexity index is 1020. The van der Waals surface area contributed by atoms with Crippen LogP contribution in [0.3, 0.4) is 0 Å². The van der Waals surface area contributed by atoms with Crippen molar-refractivity contribution in [3.05, 3.63) is 71.2 Å². The lowest BCUT2D eigenvalue weighted by Crippen LogP contribution is -2.48. The van der Waals surface area contributed by atoms with Crippen LogP contribution in [0.2, 0.25) is 0 Å². The number of rotatable bonds is 8. The Morgan fingerprint density at radius 2 is 1.90 bits per heavy atom. The molecule has 1 heterocycles. The van der Waals surface area contributed by atoms with Gasteiger partial charge < -0.3 is 9.64 Å². The van der Waals surface area contributed by atoms with Gasteiger partial charge in [-0.25, -0.2) is 9.78 Å². The number of esters is 1. The van der Waals surface area contributed by atoms with Crippen LogP contribution >= 0.6 is 11.3 Å². The number of thiazole rings is 1. The fourth-order valence-electron chi connectivity index (χ4n) is 3.50. The lowest BCUT2D eigenvalue weighted by Gasteiger charge is -2.29. The lowest BCUT2D eigenvalue weighted by atomic mass is 10.0. The van der Waals surface area contributed by atoms with Crippen molar-refractivity contribution in [1.82, 2.24) is 9.88 Å². The number of hydrogen-bond acceptors (Lipinski definition) is 5. The highest BCUT2D eigenvalue weighted by Crippen LogP contribution is 2.31. The molecule has 1 atom stereocenters. The van der Waals surface area contributed by atoms with Crippen LogP contribution in [-0.2, 0) is 20.7 Å². The van der Waals surface area contributed by atoms with Crippen molar-refractivity contribution < 1.29 is 14.3 Å². The second-order valence-electron chi connectivity index (χ2n) is 7.29. The Hall–Kier alpha value is -2.99. The highest BCUT2D eigenvalue weighted by atomic mass is 32.1. The number of ether oxygens (including phenoxy) is 1. The molecule has 0 spiro atoms. The summed E-state index contributed by atoms with van der Waals surface area (Å²) in [5, 5.41) is 0.774. The molecule has 1 fully saturated rings. The van der Waals surface area contributed by atoms with Crippen LogP contribution < -0.4 is 0 Å². The summed E-state index contributed by atoms with van der Waals surface area (Å²) in [5.74, 6) is -0.527. The molecule has 1 aliphatic rings. The van der Waals surface area contributed by atoms with E-state index in [2.05, 4.69) is 4.98 Å². The van der Waals surface area contributed by atoms with Gasteiger partial charge in [-0.05, 0) is 43.5 Å². The minimum absolute atomic E-state index is 0.0793. The van der Waals surface area contributed by atoms with Crippen molar-refractivity contribution in [3.8, 4) is 0 Å². The summed E-state index contributed by atoms with van der Waals surface area (Å²) in [7, 11) is 0. The van der Waals surface area contributed by atoms with Crippen LogP contribution in [0.5, 0.6) is 0 Å². The fraction of sp³-hybridized carbons (Fsp3) is 0.292. The monoisotopic (exact) mass is 420 g/mol. The molecular formula is C24H24N2O3S. The third-order valence-electron chi connectivity index (χ3n) is 5.04. The highest BCUT2D eigenvalue weighted by Gasteiger charge is 2.40. The van der Waals surface area contributed by atoms with Gasteiger partial charge in [0, 0.05) is 18.5 Å². The van der Waals surface area contributed by atoms with Crippen molar-refractivity contribution in [2.45, 2.75) is 38.3 Å². The van der Waals surface area contributed by atoms with Crippen LogP contribution in [0.1, 0.15) is 30.3 Å². The van der Waals surface area contributed by atoms with E-state index in [1.54, 1.807) is 29.2 Å². The second kappa shape index (κ2) is 9.22. The number of nitrogens with zero attached hydrogens (tertiary/aromatic N) is 2. The molecule has 1 amide bonds. The van der Waals surface area contributed by atoms with E-state index < -0.39 is 6.04 Å². The Labute approximate surface area is 180 Å². The number of fused-ring (bicyclic) bond motifs is 1. The molecular weight excluding hydrogens is 396 g/mol. The van der Waals surface area contributed by atoms with E-state index in [-0.39, 0.29) is 17.9 Å². The summed E-state index contributed by atoms with van der Waals surface area (Å²) in [6, 6.07) is 17.1. The predicted molar refractivity (Wildman–Crippen MR) is 119 cm³/mol. The van der Waals surface area contributed by atoms with Gasteiger partial charge in [-0.1, -0.05) is 42.5 Å². The maximum absolute atomic E-state index is 13.2. The molecule has 0 bridgehead atoms. The molecule has 2 aromatic carbocycles. The smallest absolute Gasteiger partial charge is 0.329 e. The molecule has 30 heavy (non-hydrogen) atoms. The Morgan fingerprint density at radius 3 is 2.60 bits per heavy atom. The van der Waals surface area contributed by atoms with Crippen molar-refractivity contribution in [1.29, 1.82) is 0 Å². The van der Waals surface area contributed by atoms with Crippen LogP contribution in [0.15, 0.2) is 60.7 Å². The average Bonchev–Trinajstić information content (AvgIpc) is 3.50. The molecule has 0 saturated heterocycles. The minimum atomic E-state index is -0.632. The van der Waals surface area contributed by atoms with E-state index >= 15 is 0 Å². The van der Waals surface area contributed by atoms with Gasteiger partial charge in [-0.2, -0.15) is 0 Å². The quantitative estimate of drug-likeness (QED) is 0.398. The van der Waals surface area contributed by atoms with Gasteiger partial charge in [0.15, 0.2) is 0 Å². The van der Waals surface area contributed by atoms with E-state index in [1.165, 1.54) is 6.08 Å². The van der Waals surface area contributed by atoms with Crippen molar-refractivity contribution in [3.63, 3.8) is 0 Å². The molecule has 1 aliphatic carbocycles. The first-order chi connectivity index (χ1) is 14.7. The number of benzene rings is 2. The zero-order valence-electron chi connectivity index (χ0n) is 16.9. The van der Waals surface area contributed by atoms with E-state index in [0.29, 0.717) is 13.0 Å². The third kappa shape index (κ3) is 4.76. The van der Waals surface area contributed by atoms with E-state index in [1.807, 2.05) is 54.6 Å². The van der Waals surface area contributed by atoms with Crippen molar-refractivity contribution in [2.24, 2.45) is 0 Å². The molecule has 154 valence electrons. The first-order valence-electron chi connectivity index (χ1n) is 10.2. The second-order valence-corrected chi connectivity index (χ2v) is 8.35. The summed E-state index contributed by atoms with van der Waals surface area (Å²) < 4.78 is 6.40. The predicted octanol–water partition coefficient (Wildman–Crippen LogP) is 4.47. The summed E-state index contributed by atoms with van der Waals surface area (Å²) in [6.45, 7) is 2.08. The first kappa shape index (κ1) is 20.3. The maximum atomic E-state index is 13.2. The minimum Gasteiger partial charge on any atom is -0.464 e. The van der Waals surface area contributed by atoms with Crippen LogP contribution in [-0.4, -0.2) is 40.5 Å². The number of aromatic nitrogens is 1. The number of carbonyl (C=O) groups excluding carboxylic acids is 2. The van der Waals surface area contributed by atoms with Crippen molar-refractivity contribution >= 4 is 39.5 Å². The van der Waals surface area contributed by atoms with E-state index in [4.69, 9.17) is 4.74 Å². The SMILES string of the molecule is CCOC(=O)C(Cc1ccccc1)N(C(=O)C=Cc1nc2ccccc2s1)C1CC1.